The van der Waals surface area contributed by atoms with Crippen LogP contribution in [0, 0.1) is 6.92 Å². The summed E-state index contributed by atoms with van der Waals surface area (Å²) in [6, 6.07) is 0.203. The number of nitrogens with one attached hydrogen (secondary N) is 1. The van der Waals surface area contributed by atoms with Crippen LogP contribution in [-0.4, -0.2) is 56.6 Å². The first kappa shape index (κ1) is 15.4. The summed E-state index contributed by atoms with van der Waals surface area (Å²) in [5.74, 6) is 1.75. The van der Waals surface area contributed by atoms with Crippen LogP contribution in [0.4, 0.5) is 11.6 Å². The van der Waals surface area contributed by atoms with E-state index in [0.717, 1.165) is 23.7 Å². The van der Waals surface area contributed by atoms with E-state index in [1.807, 2.05) is 25.1 Å². The van der Waals surface area contributed by atoms with Gasteiger partial charge in [-0.05, 0) is 13.8 Å². The first-order chi connectivity index (χ1) is 9.10. The normalized spacial score (nSPS) is 12.7. The fourth-order valence-corrected chi connectivity index (χ4v) is 1.79. The van der Waals surface area contributed by atoms with Crippen molar-refractivity contribution in [2.45, 2.75) is 19.9 Å². The third-order valence-electron chi connectivity index (χ3n) is 2.76. The number of rotatable bonds is 7. The number of anilines is 2. The predicted molar refractivity (Wildman–Crippen MR) is 79.4 cm³/mol. The van der Waals surface area contributed by atoms with Crippen LogP contribution < -0.4 is 10.2 Å². The van der Waals surface area contributed by atoms with E-state index in [-0.39, 0.29) is 6.04 Å². The zero-order chi connectivity index (χ0) is 14.3. The molecule has 1 heterocycles. The smallest absolute Gasteiger partial charge is 0.137 e. The van der Waals surface area contributed by atoms with Gasteiger partial charge in [-0.1, -0.05) is 0 Å². The average molecular weight is 265 g/mol. The van der Waals surface area contributed by atoms with Gasteiger partial charge in [0.2, 0.25) is 0 Å². The maximum absolute atomic E-state index is 5.11. The van der Waals surface area contributed by atoms with E-state index < -0.39 is 0 Å². The van der Waals surface area contributed by atoms with Crippen LogP contribution >= 0.6 is 0 Å². The van der Waals surface area contributed by atoms with Crippen LogP contribution in [0.3, 0.4) is 0 Å². The summed E-state index contributed by atoms with van der Waals surface area (Å²) in [6.07, 6.45) is 3.42. The predicted octanol–water partition coefficient (Wildman–Crippen LogP) is 1.37. The Labute approximate surface area is 114 Å². The van der Waals surface area contributed by atoms with Crippen molar-refractivity contribution in [2.24, 2.45) is 4.99 Å². The lowest BCUT2D eigenvalue weighted by Gasteiger charge is -2.21. The van der Waals surface area contributed by atoms with Crippen molar-refractivity contribution >= 4 is 17.9 Å². The Hall–Kier alpha value is -1.69. The fourth-order valence-electron chi connectivity index (χ4n) is 1.79. The number of ether oxygens (including phenoxy) is 1. The second kappa shape index (κ2) is 7.68. The molecule has 0 unspecified atom stereocenters. The van der Waals surface area contributed by atoms with Crippen LogP contribution in [0.15, 0.2) is 11.3 Å². The van der Waals surface area contributed by atoms with Crippen LogP contribution in [0.5, 0.6) is 0 Å². The average Bonchev–Trinajstić information content (AvgIpc) is 2.38. The molecule has 0 fully saturated rings. The van der Waals surface area contributed by atoms with E-state index in [2.05, 4.69) is 27.2 Å². The number of hydrogen-bond acceptors (Lipinski definition) is 6. The molecule has 106 valence electrons. The summed E-state index contributed by atoms with van der Waals surface area (Å²) >= 11 is 0. The number of aromatic nitrogens is 2. The molecule has 6 nitrogen and oxygen atoms in total. The van der Waals surface area contributed by atoms with Crippen molar-refractivity contribution in [3.05, 3.63) is 11.9 Å². The molecule has 0 saturated carbocycles. The zero-order valence-electron chi connectivity index (χ0n) is 12.3. The van der Waals surface area contributed by atoms with Gasteiger partial charge < -0.3 is 15.0 Å². The van der Waals surface area contributed by atoms with Crippen LogP contribution in [0.2, 0.25) is 0 Å². The van der Waals surface area contributed by atoms with E-state index >= 15 is 0 Å². The molecule has 1 rings (SSSR count). The van der Waals surface area contributed by atoms with Gasteiger partial charge in [-0.2, -0.15) is 0 Å². The van der Waals surface area contributed by atoms with E-state index in [1.165, 1.54) is 0 Å². The highest BCUT2D eigenvalue weighted by Gasteiger charge is 2.12. The molecule has 0 aliphatic rings. The highest BCUT2D eigenvalue weighted by molar-refractivity contribution is 5.67. The minimum Gasteiger partial charge on any atom is -0.383 e. The van der Waals surface area contributed by atoms with Crippen molar-refractivity contribution in [3.63, 3.8) is 0 Å². The van der Waals surface area contributed by atoms with Crippen molar-refractivity contribution in [1.29, 1.82) is 0 Å². The van der Waals surface area contributed by atoms with Gasteiger partial charge in [-0.15, -0.1) is 0 Å². The molecular formula is C13H23N5O. The molecule has 0 spiro atoms. The van der Waals surface area contributed by atoms with Crippen molar-refractivity contribution < 1.29 is 4.74 Å². The van der Waals surface area contributed by atoms with E-state index in [0.29, 0.717) is 6.61 Å². The number of hydrogen-bond donors (Lipinski definition) is 1. The summed E-state index contributed by atoms with van der Waals surface area (Å²) < 4.78 is 5.11. The summed E-state index contributed by atoms with van der Waals surface area (Å²) in [4.78, 5) is 14.6. The molecule has 0 saturated heterocycles. The van der Waals surface area contributed by atoms with Crippen molar-refractivity contribution in [2.75, 3.05) is 44.6 Å². The Morgan fingerprint density at radius 1 is 1.53 bits per heavy atom. The van der Waals surface area contributed by atoms with Gasteiger partial charge in [0.25, 0.3) is 0 Å². The summed E-state index contributed by atoms with van der Waals surface area (Å²) in [5, 5.41) is 3.33. The fraction of sp³-hybridized carbons (Fsp3) is 0.615. The standard InChI is InChI=1S/C13H23N5O/c1-10(8-19-5)17-12-11(2)13(16-9-15-12)18(4)7-6-14-3/h6,9-10H,7-8H2,1-5H3,(H,15,16,17)/t10-/m1/s1. The summed E-state index contributed by atoms with van der Waals surface area (Å²) in [7, 11) is 5.44. The molecule has 0 aliphatic heterocycles. The highest BCUT2D eigenvalue weighted by atomic mass is 16.5. The monoisotopic (exact) mass is 265 g/mol. The molecule has 6 heteroatoms. The lowest BCUT2D eigenvalue weighted by Crippen LogP contribution is -2.25. The maximum atomic E-state index is 5.11. The number of aliphatic imine (C=N–C) groups is 1. The minimum atomic E-state index is 0.203. The maximum Gasteiger partial charge on any atom is 0.137 e. The molecule has 1 aromatic rings. The first-order valence-corrected chi connectivity index (χ1v) is 6.29. The topological polar surface area (TPSA) is 62.6 Å². The van der Waals surface area contributed by atoms with E-state index in [1.54, 1.807) is 20.5 Å². The van der Waals surface area contributed by atoms with E-state index in [4.69, 9.17) is 4.74 Å². The van der Waals surface area contributed by atoms with Gasteiger partial charge in [-0.3, -0.25) is 4.99 Å². The quantitative estimate of drug-likeness (QED) is 0.754. The first-order valence-electron chi connectivity index (χ1n) is 6.29. The molecule has 0 aliphatic carbocycles. The Morgan fingerprint density at radius 2 is 2.26 bits per heavy atom. The van der Waals surface area contributed by atoms with E-state index in [9.17, 15) is 0 Å². The van der Waals surface area contributed by atoms with Crippen LogP contribution in [0.25, 0.3) is 0 Å². The Balaban J connectivity index is 2.85. The van der Waals surface area contributed by atoms with Crippen LogP contribution in [-0.2, 0) is 4.74 Å². The van der Waals surface area contributed by atoms with Gasteiger partial charge in [0.05, 0.1) is 13.2 Å². The minimum absolute atomic E-state index is 0.203. The zero-order valence-corrected chi connectivity index (χ0v) is 12.3. The Bertz CT molecular complexity index is 421. The lowest BCUT2D eigenvalue weighted by atomic mass is 10.2. The third-order valence-corrected chi connectivity index (χ3v) is 2.76. The van der Waals surface area contributed by atoms with Gasteiger partial charge in [-0.25, -0.2) is 9.97 Å². The van der Waals surface area contributed by atoms with Gasteiger partial charge in [0.15, 0.2) is 0 Å². The van der Waals surface area contributed by atoms with Gasteiger partial charge in [0.1, 0.15) is 18.0 Å². The van der Waals surface area contributed by atoms with Crippen molar-refractivity contribution in [3.8, 4) is 0 Å². The lowest BCUT2D eigenvalue weighted by molar-refractivity contribution is 0.190. The molecule has 0 aromatic carbocycles. The Kier molecular flexibility index (Phi) is 6.21. The summed E-state index contributed by atoms with van der Waals surface area (Å²) in [6.45, 7) is 5.42. The molecule has 0 radical (unpaired) electrons. The summed E-state index contributed by atoms with van der Waals surface area (Å²) in [5.41, 5.74) is 1.03. The van der Waals surface area contributed by atoms with Gasteiger partial charge in [0, 0.05) is 39.0 Å². The Morgan fingerprint density at radius 3 is 2.89 bits per heavy atom. The van der Waals surface area contributed by atoms with Gasteiger partial charge >= 0.3 is 0 Å². The largest absolute Gasteiger partial charge is 0.383 e. The second-order valence-corrected chi connectivity index (χ2v) is 4.49. The molecule has 0 bridgehead atoms. The van der Waals surface area contributed by atoms with Crippen molar-refractivity contribution in [1.82, 2.24) is 9.97 Å². The SMILES string of the molecule is CN=CCN(C)c1ncnc(N[C@H](C)COC)c1C. The number of methoxy groups -OCH3 is 1. The molecular weight excluding hydrogens is 242 g/mol. The molecule has 0 amide bonds. The molecule has 1 atom stereocenters. The second-order valence-electron chi connectivity index (χ2n) is 4.49. The highest BCUT2D eigenvalue weighted by Crippen LogP contribution is 2.21. The van der Waals surface area contributed by atoms with Crippen LogP contribution in [0.1, 0.15) is 12.5 Å². The molecule has 1 aromatic heterocycles. The number of nitrogens with zero attached hydrogens (tertiary/aromatic N) is 4. The third kappa shape index (κ3) is 4.48. The molecule has 1 N–H and O–H groups in total. The molecule has 19 heavy (non-hydrogen) atoms.